The molecule has 2 bridgehead atoms. The van der Waals surface area contributed by atoms with Crippen LogP contribution < -0.4 is 0 Å². The molecule has 1 aliphatic heterocycles. The van der Waals surface area contributed by atoms with Gasteiger partial charge in [-0.3, -0.25) is 4.79 Å². The highest BCUT2D eigenvalue weighted by Gasteiger charge is 2.61. The quantitative estimate of drug-likeness (QED) is 0.474. The van der Waals surface area contributed by atoms with E-state index in [1.807, 2.05) is 18.2 Å². The number of amides is 1. The highest BCUT2D eigenvalue weighted by atomic mass is 28.4. The first-order valence-corrected chi connectivity index (χ1v) is 17.6. The standard InChI is InChI=1S/C25H43NO3Si2/c1-24(2,3)30(7,8)28-21-19-16-20(22(21)29-31(9,10)25(4,5)6)26(23(19)27)17-18-14-12-11-13-15-18/h11-15,19-22H,16-17H2,1-10H3/t19-,20+,21-,22+/m1/s1. The molecule has 0 spiro atoms. The molecule has 1 saturated carbocycles. The molecule has 0 N–H and O–H groups in total. The molecular formula is C25H43NO3Si2. The molecule has 31 heavy (non-hydrogen) atoms. The van der Waals surface area contributed by atoms with E-state index in [1.54, 1.807) is 0 Å². The first kappa shape index (κ1) is 24.7. The van der Waals surface area contributed by atoms with Crippen LogP contribution >= 0.6 is 0 Å². The van der Waals surface area contributed by atoms with Crippen LogP contribution in [-0.2, 0) is 20.2 Å². The summed E-state index contributed by atoms with van der Waals surface area (Å²) in [5, 5.41) is 0.216. The zero-order chi connectivity index (χ0) is 23.4. The molecule has 0 unspecified atom stereocenters. The highest BCUT2D eigenvalue weighted by molar-refractivity contribution is 6.74. The van der Waals surface area contributed by atoms with E-state index in [1.165, 1.54) is 5.56 Å². The van der Waals surface area contributed by atoms with Crippen molar-refractivity contribution in [3.05, 3.63) is 35.9 Å². The number of carbonyl (C=O) groups excluding carboxylic acids is 1. The van der Waals surface area contributed by atoms with Gasteiger partial charge in [0, 0.05) is 6.54 Å². The second-order valence-electron chi connectivity index (χ2n) is 12.5. The lowest BCUT2D eigenvalue weighted by Gasteiger charge is -2.48. The molecule has 1 amide bonds. The lowest BCUT2D eigenvalue weighted by atomic mass is 10.0. The molecule has 1 saturated heterocycles. The number of fused-ring (bicyclic) bond motifs is 2. The monoisotopic (exact) mass is 461 g/mol. The fraction of sp³-hybridized carbons (Fsp3) is 0.720. The largest absolute Gasteiger partial charge is 0.410 e. The van der Waals surface area contributed by atoms with E-state index in [0.29, 0.717) is 6.54 Å². The maximum absolute atomic E-state index is 13.4. The van der Waals surface area contributed by atoms with Gasteiger partial charge in [-0.05, 0) is 48.2 Å². The summed E-state index contributed by atoms with van der Waals surface area (Å²) in [7, 11) is -4.05. The van der Waals surface area contributed by atoms with Gasteiger partial charge >= 0.3 is 0 Å². The molecule has 2 fully saturated rings. The smallest absolute Gasteiger partial charge is 0.229 e. The number of rotatable bonds is 6. The van der Waals surface area contributed by atoms with Gasteiger partial charge in [0.1, 0.15) is 0 Å². The average Bonchev–Trinajstić information content (AvgIpc) is 3.10. The fourth-order valence-electron chi connectivity index (χ4n) is 4.20. The number of likely N-dealkylation sites (tertiary alicyclic amines) is 1. The van der Waals surface area contributed by atoms with Gasteiger partial charge in [-0.1, -0.05) is 71.9 Å². The number of benzene rings is 1. The Morgan fingerprint density at radius 1 is 0.871 bits per heavy atom. The minimum Gasteiger partial charge on any atom is -0.410 e. The molecule has 0 aromatic heterocycles. The summed E-state index contributed by atoms with van der Waals surface area (Å²) >= 11 is 0. The summed E-state index contributed by atoms with van der Waals surface area (Å²) in [5.41, 5.74) is 1.18. The van der Waals surface area contributed by atoms with Crippen LogP contribution in [0.4, 0.5) is 0 Å². The summed E-state index contributed by atoms with van der Waals surface area (Å²) in [6.45, 7) is 23.5. The molecule has 1 aromatic carbocycles. The van der Waals surface area contributed by atoms with E-state index >= 15 is 0 Å². The van der Waals surface area contributed by atoms with E-state index in [4.69, 9.17) is 8.85 Å². The van der Waals surface area contributed by atoms with Crippen LogP contribution in [0.3, 0.4) is 0 Å². The number of hydrogen-bond donors (Lipinski definition) is 0. The van der Waals surface area contributed by atoms with Crippen molar-refractivity contribution in [2.45, 2.75) is 109 Å². The van der Waals surface area contributed by atoms with Gasteiger partial charge in [0.05, 0.1) is 24.2 Å². The lowest BCUT2D eigenvalue weighted by Crippen LogP contribution is -2.60. The van der Waals surface area contributed by atoms with E-state index in [2.05, 4.69) is 84.8 Å². The second kappa shape index (κ2) is 8.12. The van der Waals surface area contributed by atoms with Crippen LogP contribution in [0.2, 0.25) is 36.3 Å². The van der Waals surface area contributed by atoms with Gasteiger partial charge in [-0.15, -0.1) is 0 Å². The zero-order valence-corrected chi connectivity index (χ0v) is 23.3. The zero-order valence-electron chi connectivity index (χ0n) is 21.3. The molecule has 174 valence electrons. The summed E-state index contributed by atoms with van der Waals surface area (Å²) in [6, 6.07) is 10.4. The van der Waals surface area contributed by atoms with Crippen molar-refractivity contribution in [3.8, 4) is 0 Å². The SMILES string of the molecule is CC(C)(C)[Si](C)(C)O[C@@H]1[C@H](O[Si](C)(C)C(C)(C)C)[C@H]2C[C@@H]1N(Cc1ccccc1)C2=O. The molecule has 2 aliphatic rings. The van der Waals surface area contributed by atoms with E-state index in [0.717, 1.165) is 6.42 Å². The number of nitrogens with zero attached hydrogens (tertiary/aromatic N) is 1. The Labute approximate surface area is 192 Å². The van der Waals surface area contributed by atoms with Crippen molar-refractivity contribution in [1.29, 1.82) is 0 Å². The first-order valence-electron chi connectivity index (χ1n) is 11.8. The molecule has 1 aromatic rings. The van der Waals surface area contributed by atoms with Gasteiger partial charge in [-0.25, -0.2) is 0 Å². The topological polar surface area (TPSA) is 38.8 Å². The molecule has 4 nitrogen and oxygen atoms in total. The first-order chi connectivity index (χ1) is 14.1. The third kappa shape index (κ3) is 4.73. The predicted octanol–water partition coefficient (Wildman–Crippen LogP) is 6.20. The van der Waals surface area contributed by atoms with Crippen molar-refractivity contribution in [2.75, 3.05) is 0 Å². The Kier molecular flexibility index (Phi) is 6.46. The molecule has 6 heteroatoms. The summed E-state index contributed by atoms with van der Waals surface area (Å²) in [4.78, 5) is 15.5. The van der Waals surface area contributed by atoms with Crippen LogP contribution in [0.25, 0.3) is 0 Å². The maximum Gasteiger partial charge on any atom is 0.229 e. The van der Waals surface area contributed by atoms with Gasteiger partial charge in [-0.2, -0.15) is 0 Å². The summed E-state index contributed by atoms with van der Waals surface area (Å²) in [6.07, 6.45) is 0.686. The van der Waals surface area contributed by atoms with Crippen molar-refractivity contribution in [2.24, 2.45) is 5.92 Å². The van der Waals surface area contributed by atoms with Crippen LogP contribution in [0.1, 0.15) is 53.5 Å². The van der Waals surface area contributed by atoms with Crippen molar-refractivity contribution < 1.29 is 13.6 Å². The summed E-state index contributed by atoms with van der Waals surface area (Å²) < 4.78 is 14.0. The Balaban J connectivity index is 1.92. The average molecular weight is 462 g/mol. The number of carbonyl (C=O) groups is 1. The maximum atomic E-state index is 13.4. The van der Waals surface area contributed by atoms with Gasteiger partial charge < -0.3 is 13.8 Å². The van der Waals surface area contributed by atoms with E-state index in [-0.39, 0.29) is 40.2 Å². The van der Waals surface area contributed by atoms with Gasteiger partial charge in [0.15, 0.2) is 16.6 Å². The second-order valence-corrected chi connectivity index (χ2v) is 22.1. The Hall–Kier alpha value is -0.956. The van der Waals surface area contributed by atoms with Crippen molar-refractivity contribution >= 4 is 22.5 Å². The van der Waals surface area contributed by atoms with Crippen molar-refractivity contribution in [1.82, 2.24) is 4.90 Å². The van der Waals surface area contributed by atoms with Gasteiger partial charge in [0.25, 0.3) is 0 Å². The number of piperidine rings is 1. The minimum absolute atomic E-state index is 0.0403. The van der Waals surface area contributed by atoms with Crippen LogP contribution in [0.5, 0.6) is 0 Å². The Bertz CT molecular complexity index is 795. The van der Waals surface area contributed by atoms with Crippen molar-refractivity contribution in [3.63, 3.8) is 0 Å². The third-order valence-electron chi connectivity index (χ3n) is 8.27. The molecule has 0 radical (unpaired) electrons. The molecule has 1 aliphatic carbocycles. The Morgan fingerprint density at radius 2 is 1.35 bits per heavy atom. The van der Waals surface area contributed by atoms with Crippen LogP contribution in [0, 0.1) is 5.92 Å². The lowest BCUT2D eigenvalue weighted by molar-refractivity contribution is -0.145. The van der Waals surface area contributed by atoms with E-state index in [9.17, 15) is 4.79 Å². The highest BCUT2D eigenvalue weighted by Crippen LogP contribution is 2.49. The third-order valence-corrected chi connectivity index (χ3v) is 17.2. The fourth-order valence-corrected chi connectivity index (χ4v) is 6.86. The molecule has 4 atom stereocenters. The molecule has 3 rings (SSSR count). The summed E-state index contributed by atoms with van der Waals surface area (Å²) in [5.74, 6) is 0.158. The molecule has 1 heterocycles. The normalized spacial score (nSPS) is 27.3. The van der Waals surface area contributed by atoms with Gasteiger partial charge in [0.2, 0.25) is 5.91 Å². The van der Waals surface area contributed by atoms with E-state index < -0.39 is 16.6 Å². The van der Waals surface area contributed by atoms with Crippen LogP contribution in [-0.4, -0.2) is 45.7 Å². The minimum atomic E-state index is -2.03. The predicted molar refractivity (Wildman–Crippen MR) is 133 cm³/mol. The molecular weight excluding hydrogens is 418 g/mol. The Morgan fingerprint density at radius 3 is 1.84 bits per heavy atom. The van der Waals surface area contributed by atoms with Crippen LogP contribution in [0.15, 0.2) is 30.3 Å². The number of hydrogen-bond acceptors (Lipinski definition) is 3.